The Bertz CT molecular complexity index is 171. The molecule has 0 radical (unpaired) electrons. The van der Waals surface area contributed by atoms with Crippen molar-refractivity contribution in [3.05, 3.63) is 20.8 Å². The SMILES string of the molecule is [CH2-]CCCCCCCCC.[CH2-]CCCCCCCCC.[CH2-]CCCCCCCCC.[OH-].[Ti+4]. The predicted octanol–water partition coefficient (Wildman–Crippen LogP) is 11.7. The molecule has 0 fully saturated rings. The van der Waals surface area contributed by atoms with Gasteiger partial charge in [-0.2, -0.15) is 19.3 Å². The topological polar surface area (TPSA) is 30.0 Å². The van der Waals surface area contributed by atoms with E-state index in [2.05, 4.69) is 41.5 Å². The molecule has 2 heteroatoms. The molecular weight excluding hydrogens is 424 g/mol. The molecule has 0 unspecified atom stereocenters. The third kappa shape index (κ3) is 57.5. The molecule has 0 amide bonds. The van der Waals surface area contributed by atoms with Gasteiger partial charge in [-0.3, -0.25) is 0 Å². The third-order valence-corrected chi connectivity index (χ3v) is 5.56. The van der Waals surface area contributed by atoms with Crippen LogP contribution in [0.25, 0.3) is 0 Å². The molecule has 32 heavy (non-hydrogen) atoms. The fourth-order valence-corrected chi connectivity index (χ4v) is 3.40. The molecule has 0 bridgehead atoms. The second kappa shape index (κ2) is 49.0. The van der Waals surface area contributed by atoms with Crippen LogP contribution in [0.2, 0.25) is 0 Å². The van der Waals surface area contributed by atoms with Gasteiger partial charge in [-0.1, -0.05) is 156 Å². The first-order chi connectivity index (χ1) is 14.7. The second-order valence-corrected chi connectivity index (χ2v) is 8.92. The van der Waals surface area contributed by atoms with E-state index in [1.54, 1.807) is 0 Å². The van der Waals surface area contributed by atoms with Gasteiger partial charge in [0.05, 0.1) is 0 Å². The van der Waals surface area contributed by atoms with Crippen LogP contribution < -0.4 is 0 Å². The molecule has 0 spiro atoms. The maximum Gasteiger partial charge on any atom is 4.00 e. The normalized spacial score (nSPS) is 9.56. The maximum absolute atomic E-state index is 3.82. The van der Waals surface area contributed by atoms with E-state index >= 15 is 0 Å². The van der Waals surface area contributed by atoms with Crippen LogP contribution in [-0.4, -0.2) is 5.48 Å². The third-order valence-electron chi connectivity index (χ3n) is 5.56. The van der Waals surface area contributed by atoms with Crippen molar-refractivity contribution in [1.82, 2.24) is 0 Å². The maximum atomic E-state index is 3.82. The van der Waals surface area contributed by atoms with E-state index in [9.17, 15) is 0 Å². The van der Waals surface area contributed by atoms with Crippen LogP contribution in [0.15, 0.2) is 0 Å². The van der Waals surface area contributed by atoms with Gasteiger partial charge in [0.1, 0.15) is 0 Å². The van der Waals surface area contributed by atoms with Crippen molar-refractivity contribution in [2.45, 2.75) is 175 Å². The average molecular weight is 489 g/mol. The molecule has 1 nitrogen and oxygen atoms in total. The van der Waals surface area contributed by atoms with Crippen LogP contribution in [-0.2, 0) is 21.7 Å². The number of rotatable bonds is 21. The van der Waals surface area contributed by atoms with Gasteiger partial charge in [0.2, 0.25) is 0 Å². The summed E-state index contributed by atoms with van der Waals surface area (Å²) >= 11 is 0. The van der Waals surface area contributed by atoms with Crippen molar-refractivity contribution in [2.75, 3.05) is 0 Å². The molecule has 0 aromatic rings. The molecule has 0 atom stereocenters. The molecule has 0 aliphatic heterocycles. The van der Waals surface area contributed by atoms with E-state index < -0.39 is 0 Å². The Morgan fingerprint density at radius 1 is 0.312 bits per heavy atom. The summed E-state index contributed by atoms with van der Waals surface area (Å²) in [5.74, 6) is 0. The smallest absolute Gasteiger partial charge is 0.870 e. The van der Waals surface area contributed by atoms with Gasteiger partial charge in [0.15, 0.2) is 0 Å². The van der Waals surface area contributed by atoms with Crippen LogP contribution in [0.1, 0.15) is 175 Å². The van der Waals surface area contributed by atoms with E-state index in [1.807, 2.05) is 0 Å². The second-order valence-electron chi connectivity index (χ2n) is 8.92. The Kier molecular flexibility index (Phi) is 65.5. The van der Waals surface area contributed by atoms with Crippen LogP contribution in [0.4, 0.5) is 0 Å². The van der Waals surface area contributed by atoms with Crippen LogP contribution in [0.5, 0.6) is 0 Å². The molecule has 0 saturated carbocycles. The Morgan fingerprint density at radius 2 is 0.469 bits per heavy atom. The Labute approximate surface area is 222 Å². The van der Waals surface area contributed by atoms with Gasteiger partial charge in [-0.25, -0.2) is 0 Å². The van der Waals surface area contributed by atoms with Gasteiger partial charge in [0, 0.05) is 0 Å². The van der Waals surface area contributed by atoms with Gasteiger partial charge in [-0.15, -0.1) is 0 Å². The minimum Gasteiger partial charge on any atom is -0.870 e. The van der Waals surface area contributed by atoms with Crippen LogP contribution in [0.3, 0.4) is 0 Å². The summed E-state index contributed by atoms with van der Waals surface area (Å²) in [6.07, 6.45) is 32.8. The van der Waals surface area contributed by atoms with E-state index in [0.717, 1.165) is 19.3 Å². The molecule has 1 N–H and O–H groups in total. The summed E-state index contributed by atoms with van der Waals surface area (Å²) in [4.78, 5) is 0. The average Bonchev–Trinajstić information content (AvgIpc) is 2.77. The van der Waals surface area contributed by atoms with Gasteiger partial charge in [-0.05, 0) is 0 Å². The monoisotopic (exact) mass is 488 g/mol. The minimum absolute atomic E-state index is 0. The van der Waals surface area contributed by atoms with Crippen molar-refractivity contribution >= 4 is 0 Å². The summed E-state index contributed by atoms with van der Waals surface area (Å²) < 4.78 is 0. The van der Waals surface area contributed by atoms with Crippen molar-refractivity contribution < 1.29 is 27.2 Å². The molecule has 194 valence electrons. The first-order valence-corrected chi connectivity index (χ1v) is 14.1. The molecule has 0 aromatic heterocycles. The fourth-order valence-electron chi connectivity index (χ4n) is 3.40. The number of hydrogen-bond donors (Lipinski definition) is 0. The van der Waals surface area contributed by atoms with E-state index in [-0.39, 0.29) is 27.2 Å². The summed E-state index contributed by atoms with van der Waals surface area (Å²) in [5, 5.41) is 0. The predicted molar refractivity (Wildman–Crippen MR) is 146 cm³/mol. The van der Waals surface area contributed by atoms with Gasteiger partial charge < -0.3 is 26.2 Å². The molecule has 0 aromatic carbocycles. The zero-order chi connectivity index (χ0) is 23.0. The standard InChI is InChI=1S/3C10H21.H2O.Ti/c3*1-3-5-7-9-10-8-6-4-2;;/h3*1,3-10H2,2H3;1H2;/q3*-1;;+4/p-1. The Balaban J connectivity index is -0.000000110. The van der Waals surface area contributed by atoms with E-state index in [0.29, 0.717) is 0 Å². The van der Waals surface area contributed by atoms with Crippen LogP contribution in [0, 0.1) is 20.8 Å². The van der Waals surface area contributed by atoms with Gasteiger partial charge in [0.25, 0.3) is 0 Å². The molecule has 0 aliphatic rings. The largest absolute Gasteiger partial charge is 4.00 e. The molecule has 0 rings (SSSR count). The Morgan fingerprint density at radius 3 is 0.625 bits per heavy atom. The Hall–Kier alpha value is 0.674. The molecule has 0 saturated heterocycles. The quantitative estimate of drug-likeness (QED) is 0.0897. The minimum atomic E-state index is 0. The first-order valence-electron chi connectivity index (χ1n) is 14.1. The summed E-state index contributed by atoms with van der Waals surface area (Å²) in [5.41, 5.74) is 0. The summed E-state index contributed by atoms with van der Waals surface area (Å²) in [6, 6.07) is 0. The number of unbranched alkanes of at least 4 members (excludes halogenated alkanes) is 21. The fraction of sp³-hybridized carbons (Fsp3) is 0.900. The molecule has 0 aliphatic carbocycles. The van der Waals surface area contributed by atoms with E-state index in [4.69, 9.17) is 0 Å². The van der Waals surface area contributed by atoms with Crippen molar-refractivity contribution in [2.24, 2.45) is 0 Å². The van der Waals surface area contributed by atoms with Crippen LogP contribution >= 0.6 is 0 Å². The van der Waals surface area contributed by atoms with E-state index in [1.165, 1.54) is 135 Å². The van der Waals surface area contributed by atoms with Crippen molar-refractivity contribution in [3.63, 3.8) is 0 Å². The molecular formula is C30H64OTi. The zero-order valence-electron chi connectivity index (χ0n) is 23.0. The molecule has 0 heterocycles. The van der Waals surface area contributed by atoms with Crippen molar-refractivity contribution in [3.8, 4) is 0 Å². The summed E-state index contributed by atoms with van der Waals surface area (Å²) in [6.45, 7) is 18.2. The first kappa shape index (κ1) is 42.8. The van der Waals surface area contributed by atoms with Crippen molar-refractivity contribution in [1.29, 1.82) is 0 Å². The number of hydrogen-bond acceptors (Lipinski definition) is 1. The van der Waals surface area contributed by atoms with Gasteiger partial charge >= 0.3 is 21.7 Å². The zero-order valence-corrected chi connectivity index (χ0v) is 24.6. The summed E-state index contributed by atoms with van der Waals surface area (Å²) in [7, 11) is 0.